The molecule has 2 unspecified atom stereocenters. The van der Waals surface area contributed by atoms with E-state index < -0.39 is 52.9 Å². The van der Waals surface area contributed by atoms with Gasteiger partial charge in [0.2, 0.25) is 0 Å². The molecule has 0 radical (unpaired) electrons. The highest BCUT2D eigenvalue weighted by Crippen LogP contribution is 2.89. The van der Waals surface area contributed by atoms with Crippen LogP contribution in [0.15, 0.2) is 0 Å². The number of nitrogens with one attached hydrogen (secondary N) is 1. The molecule has 0 amide bonds. The molecule has 1 saturated heterocycles. The molecule has 1 aliphatic heterocycles. The van der Waals surface area contributed by atoms with E-state index in [0.29, 0.717) is 19.3 Å². The van der Waals surface area contributed by atoms with Gasteiger partial charge in [-0.2, -0.15) is 0 Å². The third-order valence-corrected chi connectivity index (χ3v) is 15.3. The fourth-order valence-electron chi connectivity index (χ4n) is 13.0. The number of rotatable bonds is 8. The molecule has 0 aromatic rings. The second-order valence-electron chi connectivity index (χ2n) is 17.9. The fourth-order valence-corrected chi connectivity index (χ4v) is 13.2. The maximum atomic E-state index is 13.1. The highest BCUT2D eigenvalue weighted by atomic mass is 35.5. The molecule has 10 heteroatoms. The highest BCUT2D eigenvalue weighted by molar-refractivity contribution is 6.14. The summed E-state index contributed by atoms with van der Waals surface area (Å²) < 4.78 is 12.7. The normalized spacial score (nSPS) is 50.5. The SMILES string of the molecule is CC(C)(O)[C@@H]1CC[C@](C)([C@H]2[C@@H](O)C[C@@]3(C)C4C[C@H](O)[C@H]5C(C)(C)[C@@H](OC(=O)[C@H](CCC(=O)O)NCl)CC[C@@]56CC46CC[C@]23C)O1. The van der Waals surface area contributed by atoms with Crippen molar-refractivity contribution in [3.63, 3.8) is 0 Å². The van der Waals surface area contributed by atoms with Gasteiger partial charge in [0.25, 0.3) is 0 Å². The first kappa shape index (κ1) is 33.9. The van der Waals surface area contributed by atoms with Gasteiger partial charge in [-0.15, -0.1) is 0 Å². The summed E-state index contributed by atoms with van der Waals surface area (Å²) in [7, 11) is 0. The number of carbonyl (C=O) groups is 2. The highest BCUT2D eigenvalue weighted by Gasteiger charge is 2.85. The van der Waals surface area contributed by atoms with Crippen molar-refractivity contribution in [3.05, 3.63) is 0 Å². The topological polar surface area (TPSA) is 146 Å². The van der Waals surface area contributed by atoms with Crippen molar-refractivity contribution < 1.29 is 39.5 Å². The number of aliphatic carboxylic acids is 1. The number of carbonyl (C=O) groups excluding carboxylic acids is 1. The molecule has 13 atom stereocenters. The molecule has 6 fully saturated rings. The Morgan fingerprint density at radius 2 is 1.67 bits per heavy atom. The number of halogens is 1. The van der Waals surface area contributed by atoms with Crippen LogP contribution in [0.1, 0.15) is 119 Å². The summed E-state index contributed by atoms with van der Waals surface area (Å²) in [4.78, 5) is 26.6. The van der Waals surface area contributed by atoms with Crippen LogP contribution in [0.2, 0.25) is 0 Å². The molecule has 6 aliphatic rings. The van der Waals surface area contributed by atoms with Crippen molar-refractivity contribution in [1.82, 2.24) is 4.84 Å². The average molecular weight is 654 g/mol. The predicted molar refractivity (Wildman–Crippen MR) is 168 cm³/mol. The Labute approximate surface area is 273 Å². The minimum Gasteiger partial charge on any atom is -0.481 e. The number of fused-ring (bicyclic) bond motifs is 2. The predicted octanol–water partition coefficient (Wildman–Crippen LogP) is 4.96. The molecule has 5 aliphatic carbocycles. The van der Waals surface area contributed by atoms with Crippen LogP contribution in [0.5, 0.6) is 0 Å². The van der Waals surface area contributed by atoms with Crippen LogP contribution in [0, 0.1) is 44.8 Å². The first-order valence-electron chi connectivity index (χ1n) is 17.3. The Kier molecular flexibility index (Phi) is 7.92. The standard InChI is InChI=1S/C35H56ClNO8/c1-29(2)23(44-28(42)19(37-36)8-9-25(40)41)11-13-35-18-34(35)15-14-31(5)27(33(7)12-10-24(45-33)30(3,4)43)21(39)17-32(31,6)22(34)16-20(38)26(29)35/h19-24,26-27,37-39,43H,8-18H2,1-7H3,(H,40,41)/t19-,20-,21-,22?,23-,24-,26-,27-,31+,32-,33+,34?,35+/m0/s1. The third kappa shape index (κ3) is 4.63. The van der Waals surface area contributed by atoms with Crippen LogP contribution in [0.3, 0.4) is 0 Å². The van der Waals surface area contributed by atoms with Crippen molar-refractivity contribution in [2.24, 2.45) is 44.8 Å². The summed E-state index contributed by atoms with van der Waals surface area (Å²) in [5, 5.41) is 43.8. The molecule has 0 bridgehead atoms. The Hall–Kier alpha value is -0.970. The van der Waals surface area contributed by atoms with Gasteiger partial charge in [-0.3, -0.25) is 9.59 Å². The summed E-state index contributed by atoms with van der Waals surface area (Å²) in [5.41, 5.74) is -2.26. The van der Waals surface area contributed by atoms with Gasteiger partial charge in [0.15, 0.2) is 0 Å². The van der Waals surface area contributed by atoms with E-state index in [4.69, 9.17) is 26.4 Å². The Morgan fingerprint density at radius 1 is 0.978 bits per heavy atom. The molecule has 45 heavy (non-hydrogen) atoms. The van der Waals surface area contributed by atoms with Crippen molar-refractivity contribution >= 4 is 23.7 Å². The molecule has 5 N–H and O–H groups in total. The van der Waals surface area contributed by atoms with E-state index in [1.165, 1.54) is 0 Å². The average Bonchev–Trinajstić information content (AvgIpc) is 3.27. The van der Waals surface area contributed by atoms with E-state index in [-0.39, 0.29) is 58.4 Å². The van der Waals surface area contributed by atoms with Crippen LogP contribution < -0.4 is 4.84 Å². The Balaban J connectivity index is 1.25. The first-order valence-corrected chi connectivity index (χ1v) is 17.6. The summed E-state index contributed by atoms with van der Waals surface area (Å²) in [6.07, 6.45) is 5.69. The second kappa shape index (κ2) is 10.5. The van der Waals surface area contributed by atoms with Crippen molar-refractivity contribution in [2.45, 2.75) is 161 Å². The number of carboxylic acids is 1. The number of hydrogen-bond donors (Lipinski definition) is 5. The summed E-state index contributed by atoms with van der Waals surface area (Å²) in [5.74, 6) is -1.37. The van der Waals surface area contributed by atoms with Crippen LogP contribution in [0.25, 0.3) is 0 Å². The van der Waals surface area contributed by atoms with Crippen molar-refractivity contribution in [2.75, 3.05) is 0 Å². The van der Waals surface area contributed by atoms with Gasteiger partial charge < -0.3 is 29.9 Å². The fraction of sp³-hybridized carbons (Fsp3) is 0.943. The number of esters is 1. The van der Waals surface area contributed by atoms with Crippen LogP contribution >= 0.6 is 11.8 Å². The largest absolute Gasteiger partial charge is 0.481 e. The third-order valence-electron chi connectivity index (χ3n) is 15.1. The monoisotopic (exact) mass is 653 g/mol. The number of aliphatic hydroxyl groups excluding tert-OH is 2. The zero-order chi connectivity index (χ0) is 33.2. The maximum Gasteiger partial charge on any atom is 0.324 e. The number of aliphatic hydroxyl groups is 3. The molecule has 6 rings (SSSR count). The van der Waals surface area contributed by atoms with Gasteiger partial charge in [0, 0.05) is 17.8 Å². The van der Waals surface area contributed by atoms with E-state index in [1.807, 2.05) is 0 Å². The second-order valence-corrected chi connectivity index (χ2v) is 18.1. The van der Waals surface area contributed by atoms with E-state index in [2.05, 4.69) is 39.5 Å². The Morgan fingerprint density at radius 3 is 2.27 bits per heavy atom. The van der Waals surface area contributed by atoms with Crippen molar-refractivity contribution in [1.29, 1.82) is 0 Å². The van der Waals surface area contributed by atoms with Gasteiger partial charge >= 0.3 is 11.9 Å². The first-order chi connectivity index (χ1) is 20.7. The minimum absolute atomic E-state index is 0.0347. The van der Waals surface area contributed by atoms with Crippen LogP contribution in [-0.2, 0) is 19.1 Å². The van der Waals surface area contributed by atoms with Crippen LogP contribution in [0.4, 0.5) is 0 Å². The molecule has 0 aromatic carbocycles. The van der Waals surface area contributed by atoms with E-state index in [1.54, 1.807) is 13.8 Å². The summed E-state index contributed by atoms with van der Waals surface area (Å²) in [6, 6.07) is -0.912. The molecule has 9 nitrogen and oxygen atoms in total. The smallest absolute Gasteiger partial charge is 0.324 e. The molecule has 256 valence electrons. The number of carboxylic acid groups (broad SMARTS) is 1. The summed E-state index contributed by atoms with van der Waals surface area (Å²) in [6.45, 7) is 14.7. The Bertz CT molecular complexity index is 1220. The lowest BCUT2D eigenvalue weighted by molar-refractivity contribution is -0.218. The number of hydrogen-bond acceptors (Lipinski definition) is 8. The van der Waals surface area contributed by atoms with Gasteiger partial charge in [-0.1, -0.05) is 27.7 Å². The van der Waals surface area contributed by atoms with Gasteiger partial charge in [0.05, 0.1) is 29.5 Å². The quantitative estimate of drug-likeness (QED) is 0.181. The van der Waals surface area contributed by atoms with Gasteiger partial charge in [-0.05, 0) is 130 Å². The molecule has 1 heterocycles. The molecule has 2 spiro atoms. The molecular weight excluding hydrogens is 598 g/mol. The minimum atomic E-state index is -1.000. The van der Waals surface area contributed by atoms with Crippen molar-refractivity contribution in [3.8, 4) is 0 Å². The lowest BCUT2D eigenvalue weighted by Crippen LogP contribution is -2.62. The lowest BCUT2D eigenvalue weighted by atomic mass is 9.41. The molecule has 5 saturated carbocycles. The summed E-state index contributed by atoms with van der Waals surface area (Å²) >= 11 is 5.82. The lowest BCUT2D eigenvalue weighted by Gasteiger charge is -2.64. The maximum absolute atomic E-state index is 13.1. The van der Waals surface area contributed by atoms with Crippen LogP contribution in [-0.4, -0.2) is 74.0 Å². The molecule has 0 aromatic heterocycles. The molecular formula is C35H56ClNO8. The number of ether oxygens (including phenoxy) is 2. The van der Waals surface area contributed by atoms with E-state index in [0.717, 1.165) is 38.5 Å². The van der Waals surface area contributed by atoms with E-state index in [9.17, 15) is 24.9 Å². The zero-order valence-electron chi connectivity index (χ0n) is 28.2. The zero-order valence-corrected chi connectivity index (χ0v) is 29.0. The van der Waals surface area contributed by atoms with Gasteiger partial charge in [0.1, 0.15) is 12.1 Å². The van der Waals surface area contributed by atoms with E-state index >= 15 is 0 Å². The van der Waals surface area contributed by atoms with Gasteiger partial charge in [-0.25, -0.2) is 4.84 Å².